The van der Waals surface area contributed by atoms with Gasteiger partial charge in [0.2, 0.25) is 0 Å². The minimum Gasteiger partial charge on any atom is -0.497 e. The summed E-state index contributed by atoms with van der Waals surface area (Å²) in [6.45, 7) is 1.44. The molecule has 1 aliphatic heterocycles. The first-order valence-electron chi connectivity index (χ1n) is 6.07. The van der Waals surface area contributed by atoms with Crippen molar-refractivity contribution >= 4 is 5.78 Å². The van der Waals surface area contributed by atoms with Gasteiger partial charge in [0, 0.05) is 19.6 Å². The van der Waals surface area contributed by atoms with Crippen LogP contribution in [0.5, 0.6) is 11.5 Å². The van der Waals surface area contributed by atoms with Crippen LogP contribution in [0.25, 0.3) is 0 Å². The molecule has 4 heteroatoms. The fraction of sp³-hybridized carbons (Fsp3) is 0.500. The molecule has 1 aromatic rings. The van der Waals surface area contributed by atoms with E-state index < -0.39 is 0 Å². The van der Waals surface area contributed by atoms with Crippen molar-refractivity contribution in [3.8, 4) is 11.5 Å². The van der Waals surface area contributed by atoms with Crippen molar-refractivity contribution < 1.29 is 19.0 Å². The molecule has 0 saturated carbocycles. The largest absolute Gasteiger partial charge is 0.497 e. The third-order valence-corrected chi connectivity index (χ3v) is 3.21. The van der Waals surface area contributed by atoms with Gasteiger partial charge < -0.3 is 14.2 Å². The smallest absolute Gasteiger partial charge is 0.167 e. The SMILES string of the molecule is COc1ccc(OC)c(C(=O)CC2CCOC2)c1. The molecule has 0 N–H and O–H groups in total. The lowest BCUT2D eigenvalue weighted by molar-refractivity contribution is 0.0949. The van der Waals surface area contributed by atoms with Crippen molar-refractivity contribution in [1.29, 1.82) is 0 Å². The standard InChI is InChI=1S/C14H18O4/c1-16-11-3-4-14(17-2)12(8-11)13(15)7-10-5-6-18-9-10/h3-4,8,10H,5-7,9H2,1-2H3. The normalized spacial score (nSPS) is 18.7. The van der Waals surface area contributed by atoms with E-state index in [1.165, 1.54) is 0 Å². The summed E-state index contributed by atoms with van der Waals surface area (Å²) in [4.78, 5) is 12.3. The van der Waals surface area contributed by atoms with E-state index >= 15 is 0 Å². The van der Waals surface area contributed by atoms with Crippen molar-refractivity contribution in [2.75, 3.05) is 27.4 Å². The lowest BCUT2D eigenvalue weighted by Crippen LogP contribution is -2.10. The quantitative estimate of drug-likeness (QED) is 0.752. The zero-order valence-electron chi connectivity index (χ0n) is 10.8. The first kappa shape index (κ1) is 12.9. The average molecular weight is 250 g/mol. The Kier molecular flexibility index (Phi) is 4.20. The second-order valence-electron chi connectivity index (χ2n) is 4.42. The Morgan fingerprint density at radius 2 is 2.22 bits per heavy atom. The van der Waals surface area contributed by atoms with Gasteiger partial charge in [0.15, 0.2) is 5.78 Å². The summed E-state index contributed by atoms with van der Waals surface area (Å²) in [6, 6.07) is 5.28. The number of rotatable bonds is 5. The van der Waals surface area contributed by atoms with Crippen LogP contribution in [0.2, 0.25) is 0 Å². The van der Waals surface area contributed by atoms with Gasteiger partial charge in [0.05, 0.1) is 19.8 Å². The number of hydrogen-bond acceptors (Lipinski definition) is 4. The van der Waals surface area contributed by atoms with Gasteiger partial charge in [-0.3, -0.25) is 4.79 Å². The number of Topliss-reactive ketones (excluding diaryl/α,β-unsaturated/α-hetero) is 1. The van der Waals surface area contributed by atoms with Gasteiger partial charge in [-0.1, -0.05) is 0 Å². The van der Waals surface area contributed by atoms with E-state index in [0.717, 1.165) is 13.0 Å². The van der Waals surface area contributed by atoms with Gasteiger partial charge >= 0.3 is 0 Å². The number of carbonyl (C=O) groups is 1. The molecule has 0 radical (unpaired) electrons. The molecule has 0 spiro atoms. The van der Waals surface area contributed by atoms with E-state index in [0.29, 0.717) is 36.0 Å². The van der Waals surface area contributed by atoms with Crippen molar-refractivity contribution in [3.63, 3.8) is 0 Å². The maximum Gasteiger partial charge on any atom is 0.167 e. The van der Waals surface area contributed by atoms with E-state index in [2.05, 4.69) is 0 Å². The summed E-state index contributed by atoms with van der Waals surface area (Å²) in [5, 5.41) is 0. The fourth-order valence-electron chi connectivity index (χ4n) is 2.15. The molecule has 98 valence electrons. The number of hydrogen-bond donors (Lipinski definition) is 0. The molecular formula is C14H18O4. The molecule has 1 atom stereocenters. The molecule has 1 aliphatic rings. The molecule has 2 rings (SSSR count). The Bertz CT molecular complexity index is 422. The second kappa shape index (κ2) is 5.87. The first-order chi connectivity index (χ1) is 8.74. The summed E-state index contributed by atoms with van der Waals surface area (Å²) >= 11 is 0. The van der Waals surface area contributed by atoms with Crippen molar-refractivity contribution in [1.82, 2.24) is 0 Å². The molecule has 0 aliphatic carbocycles. The van der Waals surface area contributed by atoms with Crippen LogP contribution in [0, 0.1) is 5.92 Å². The highest BCUT2D eigenvalue weighted by molar-refractivity contribution is 5.99. The molecule has 1 aromatic carbocycles. The van der Waals surface area contributed by atoms with Crippen LogP contribution in [-0.4, -0.2) is 33.2 Å². The zero-order chi connectivity index (χ0) is 13.0. The minimum atomic E-state index is 0.0845. The lowest BCUT2D eigenvalue weighted by Gasteiger charge is -2.11. The Hall–Kier alpha value is -1.55. The van der Waals surface area contributed by atoms with Crippen LogP contribution in [-0.2, 0) is 4.74 Å². The van der Waals surface area contributed by atoms with Crippen molar-refractivity contribution in [3.05, 3.63) is 23.8 Å². The molecule has 0 amide bonds. The Labute approximate surface area is 107 Å². The zero-order valence-corrected chi connectivity index (χ0v) is 10.8. The van der Waals surface area contributed by atoms with E-state index in [1.807, 2.05) is 0 Å². The van der Waals surface area contributed by atoms with Crippen LogP contribution in [0.1, 0.15) is 23.2 Å². The maximum absolute atomic E-state index is 12.3. The van der Waals surface area contributed by atoms with Gasteiger partial charge in [-0.2, -0.15) is 0 Å². The topological polar surface area (TPSA) is 44.8 Å². The van der Waals surface area contributed by atoms with Crippen LogP contribution in [0.3, 0.4) is 0 Å². The number of carbonyl (C=O) groups excluding carboxylic acids is 1. The number of methoxy groups -OCH3 is 2. The third kappa shape index (κ3) is 2.82. The number of ketones is 1. The Morgan fingerprint density at radius 3 is 2.83 bits per heavy atom. The Morgan fingerprint density at radius 1 is 1.39 bits per heavy atom. The first-order valence-corrected chi connectivity index (χ1v) is 6.07. The van der Waals surface area contributed by atoms with Crippen LogP contribution >= 0.6 is 0 Å². The highest BCUT2D eigenvalue weighted by Gasteiger charge is 2.22. The van der Waals surface area contributed by atoms with Crippen LogP contribution in [0.4, 0.5) is 0 Å². The van der Waals surface area contributed by atoms with E-state index in [-0.39, 0.29) is 5.78 Å². The monoisotopic (exact) mass is 250 g/mol. The third-order valence-electron chi connectivity index (χ3n) is 3.21. The molecule has 1 heterocycles. The van der Waals surface area contributed by atoms with E-state index in [9.17, 15) is 4.79 Å². The molecular weight excluding hydrogens is 232 g/mol. The second-order valence-corrected chi connectivity index (χ2v) is 4.42. The maximum atomic E-state index is 12.3. The summed E-state index contributed by atoms with van der Waals surface area (Å²) in [5.74, 6) is 1.68. The van der Waals surface area contributed by atoms with Crippen LogP contribution < -0.4 is 9.47 Å². The van der Waals surface area contributed by atoms with Gasteiger partial charge in [0.1, 0.15) is 11.5 Å². The fourth-order valence-corrected chi connectivity index (χ4v) is 2.15. The number of benzene rings is 1. The van der Waals surface area contributed by atoms with Gasteiger partial charge in [-0.15, -0.1) is 0 Å². The molecule has 1 unspecified atom stereocenters. The summed E-state index contributed by atoms with van der Waals surface area (Å²) in [6.07, 6.45) is 1.46. The summed E-state index contributed by atoms with van der Waals surface area (Å²) < 4.78 is 15.7. The van der Waals surface area contributed by atoms with Crippen molar-refractivity contribution in [2.24, 2.45) is 5.92 Å². The predicted octanol–water partition coefficient (Wildman–Crippen LogP) is 2.31. The highest BCUT2D eigenvalue weighted by atomic mass is 16.5. The summed E-state index contributed by atoms with van der Waals surface area (Å²) in [5.41, 5.74) is 0.587. The van der Waals surface area contributed by atoms with E-state index in [1.54, 1.807) is 32.4 Å². The minimum absolute atomic E-state index is 0.0845. The van der Waals surface area contributed by atoms with E-state index in [4.69, 9.17) is 14.2 Å². The van der Waals surface area contributed by atoms with Crippen LogP contribution in [0.15, 0.2) is 18.2 Å². The highest BCUT2D eigenvalue weighted by Crippen LogP contribution is 2.27. The van der Waals surface area contributed by atoms with Gasteiger partial charge in [-0.25, -0.2) is 0 Å². The van der Waals surface area contributed by atoms with Gasteiger partial charge in [0.25, 0.3) is 0 Å². The van der Waals surface area contributed by atoms with Gasteiger partial charge in [-0.05, 0) is 30.5 Å². The number of ether oxygens (including phenoxy) is 3. The Balaban J connectivity index is 2.16. The molecule has 0 aromatic heterocycles. The molecule has 1 fully saturated rings. The predicted molar refractivity (Wildman–Crippen MR) is 67.4 cm³/mol. The molecule has 1 saturated heterocycles. The van der Waals surface area contributed by atoms with Crippen molar-refractivity contribution in [2.45, 2.75) is 12.8 Å². The average Bonchev–Trinajstić information content (AvgIpc) is 2.90. The molecule has 4 nitrogen and oxygen atoms in total. The summed E-state index contributed by atoms with van der Waals surface area (Å²) in [7, 11) is 3.15. The molecule has 0 bridgehead atoms. The lowest BCUT2D eigenvalue weighted by atomic mass is 9.97. The molecule has 18 heavy (non-hydrogen) atoms.